The van der Waals surface area contributed by atoms with Crippen LogP contribution in [0.25, 0.3) is 17.0 Å². The molecule has 0 aliphatic carbocycles. The number of carbonyl (C=O) groups is 1. The van der Waals surface area contributed by atoms with Crippen molar-refractivity contribution in [3.63, 3.8) is 0 Å². The van der Waals surface area contributed by atoms with Crippen LogP contribution in [-0.2, 0) is 0 Å². The summed E-state index contributed by atoms with van der Waals surface area (Å²) in [5, 5.41) is 10.3. The number of ketones is 1. The van der Waals surface area contributed by atoms with Crippen LogP contribution in [0.2, 0.25) is 0 Å². The number of aromatic nitrogens is 3. The Balaban J connectivity index is 1.62. The molecule has 2 aromatic heterocycles. The maximum atomic E-state index is 12.8. The summed E-state index contributed by atoms with van der Waals surface area (Å²) in [7, 11) is 0. The third-order valence-corrected chi connectivity index (χ3v) is 4.56. The minimum atomic E-state index is -0.312. The van der Waals surface area contributed by atoms with Gasteiger partial charge in [0.1, 0.15) is 11.6 Å². The zero-order chi connectivity index (χ0) is 17.9. The Bertz CT molecular complexity index is 1020. The van der Waals surface area contributed by atoms with Crippen molar-refractivity contribution in [1.82, 2.24) is 15.0 Å². The number of aromatic amines is 1. The minimum absolute atomic E-state index is 0.0623. The molecule has 4 rings (SSSR count). The lowest BCUT2D eigenvalue weighted by molar-refractivity contribution is 0.104. The van der Waals surface area contributed by atoms with E-state index in [2.05, 4.69) is 19.9 Å². The molecular weight excluding hydrogens is 326 g/mol. The van der Waals surface area contributed by atoms with E-state index < -0.39 is 0 Å². The molecule has 0 unspecified atom stereocenters. The monoisotopic (exact) mass is 343 g/mol. The number of nitrogens with one attached hydrogen (secondary N) is 1. The zero-order valence-corrected chi connectivity index (χ0v) is 14.1. The Labute approximate surface area is 150 Å². The fraction of sp³-hybridized carbons (Fsp3) is 0.200. The summed E-state index contributed by atoms with van der Waals surface area (Å²) in [6.45, 7) is 1.94. The van der Waals surface area contributed by atoms with Gasteiger partial charge in [-0.15, -0.1) is 0 Å². The number of H-pyrrole nitrogens is 1. The quantitative estimate of drug-likeness (QED) is 0.446. The second-order valence-corrected chi connectivity index (χ2v) is 6.26. The van der Waals surface area contributed by atoms with Crippen LogP contribution in [0, 0.1) is 11.3 Å². The molecule has 3 aromatic rings. The SMILES string of the molecule is N#C/C(=C/c1cnc(N2CCCC2)nc1)C(=O)c1c[nH]c2ccccc12. The van der Waals surface area contributed by atoms with Gasteiger partial charge in [0.05, 0.1) is 0 Å². The van der Waals surface area contributed by atoms with Gasteiger partial charge in [0.25, 0.3) is 0 Å². The van der Waals surface area contributed by atoms with Crippen LogP contribution in [-0.4, -0.2) is 33.8 Å². The van der Waals surface area contributed by atoms with Crippen LogP contribution in [0.15, 0.2) is 48.4 Å². The third kappa shape index (κ3) is 2.95. The third-order valence-electron chi connectivity index (χ3n) is 4.56. The van der Waals surface area contributed by atoms with E-state index >= 15 is 0 Å². The molecule has 6 nitrogen and oxygen atoms in total. The molecule has 1 aliphatic rings. The number of rotatable bonds is 4. The highest BCUT2D eigenvalue weighted by molar-refractivity contribution is 6.19. The molecule has 0 atom stereocenters. The first-order valence-electron chi connectivity index (χ1n) is 8.56. The van der Waals surface area contributed by atoms with Crippen LogP contribution < -0.4 is 4.90 Å². The first-order chi connectivity index (χ1) is 12.8. The summed E-state index contributed by atoms with van der Waals surface area (Å²) in [4.78, 5) is 26.7. The van der Waals surface area contributed by atoms with Gasteiger partial charge in [0.15, 0.2) is 0 Å². The van der Waals surface area contributed by atoms with E-state index in [0.717, 1.165) is 36.8 Å². The molecule has 1 aromatic carbocycles. The zero-order valence-electron chi connectivity index (χ0n) is 14.1. The Kier molecular flexibility index (Phi) is 4.20. The number of Topliss-reactive ketones (excluding diaryl/α,β-unsaturated/α-hetero) is 1. The standard InChI is InChI=1S/C20H17N5O/c21-10-15(19(26)17-13-22-18-6-2-1-5-16(17)18)9-14-11-23-20(24-12-14)25-7-3-4-8-25/h1-2,5-6,9,11-13,22H,3-4,7-8H2/b15-9-. The van der Waals surface area contributed by atoms with Crippen molar-refractivity contribution in [2.45, 2.75) is 12.8 Å². The number of carbonyl (C=O) groups excluding carboxylic acids is 1. The summed E-state index contributed by atoms with van der Waals surface area (Å²) < 4.78 is 0. The fourth-order valence-corrected chi connectivity index (χ4v) is 3.21. The topological polar surface area (TPSA) is 85.7 Å². The van der Waals surface area contributed by atoms with Crippen molar-refractivity contribution in [2.24, 2.45) is 0 Å². The summed E-state index contributed by atoms with van der Waals surface area (Å²) in [5.74, 6) is 0.384. The van der Waals surface area contributed by atoms with Gasteiger partial charge in [-0.1, -0.05) is 18.2 Å². The van der Waals surface area contributed by atoms with E-state index in [4.69, 9.17) is 0 Å². The largest absolute Gasteiger partial charge is 0.360 e. The van der Waals surface area contributed by atoms with Crippen LogP contribution in [0.3, 0.4) is 0 Å². The summed E-state index contributed by atoms with van der Waals surface area (Å²) in [5.41, 5.74) is 2.06. The molecule has 0 spiro atoms. The predicted molar refractivity (Wildman–Crippen MR) is 99.7 cm³/mol. The fourth-order valence-electron chi connectivity index (χ4n) is 3.21. The molecule has 0 saturated carbocycles. The van der Waals surface area contributed by atoms with Gasteiger partial charge < -0.3 is 9.88 Å². The van der Waals surface area contributed by atoms with Crippen molar-refractivity contribution in [3.8, 4) is 6.07 Å². The average molecular weight is 343 g/mol. The summed E-state index contributed by atoms with van der Waals surface area (Å²) in [6.07, 6.45) is 8.80. The van der Waals surface area contributed by atoms with Gasteiger partial charge in [-0.3, -0.25) is 4.79 Å². The number of nitriles is 1. The van der Waals surface area contributed by atoms with E-state index in [1.165, 1.54) is 6.08 Å². The van der Waals surface area contributed by atoms with Crippen molar-refractivity contribution in [2.75, 3.05) is 18.0 Å². The number of anilines is 1. The molecule has 1 fully saturated rings. The Morgan fingerprint density at radius 1 is 1.19 bits per heavy atom. The number of hydrogen-bond donors (Lipinski definition) is 1. The number of nitrogens with zero attached hydrogens (tertiary/aromatic N) is 4. The number of allylic oxidation sites excluding steroid dienone is 1. The lowest BCUT2D eigenvalue weighted by Gasteiger charge is -2.14. The molecule has 3 heterocycles. The summed E-state index contributed by atoms with van der Waals surface area (Å²) >= 11 is 0. The summed E-state index contributed by atoms with van der Waals surface area (Å²) in [6, 6.07) is 9.53. The second-order valence-electron chi connectivity index (χ2n) is 6.26. The van der Waals surface area contributed by atoms with E-state index in [1.807, 2.05) is 30.3 Å². The first kappa shape index (κ1) is 16.0. The molecule has 1 N–H and O–H groups in total. The molecule has 26 heavy (non-hydrogen) atoms. The van der Waals surface area contributed by atoms with E-state index in [-0.39, 0.29) is 11.4 Å². The highest BCUT2D eigenvalue weighted by Gasteiger charge is 2.17. The van der Waals surface area contributed by atoms with E-state index in [0.29, 0.717) is 17.1 Å². The van der Waals surface area contributed by atoms with E-state index in [1.54, 1.807) is 18.6 Å². The normalized spacial score (nSPS) is 14.6. The highest BCUT2D eigenvalue weighted by Crippen LogP contribution is 2.22. The van der Waals surface area contributed by atoms with Gasteiger partial charge in [-0.05, 0) is 25.0 Å². The van der Waals surface area contributed by atoms with Crippen LogP contribution in [0.4, 0.5) is 5.95 Å². The molecule has 0 radical (unpaired) electrons. The maximum Gasteiger partial charge on any atom is 0.225 e. The number of para-hydroxylation sites is 1. The molecule has 0 bridgehead atoms. The molecule has 0 amide bonds. The highest BCUT2D eigenvalue weighted by atomic mass is 16.1. The lowest BCUT2D eigenvalue weighted by Crippen LogP contribution is -2.20. The van der Waals surface area contributed by atoms with Crippen molar-refractivity contribution in [3.05, 3.63) is 59.6 Å². The number of benzene rings is 1. The number of hydrogen-bond acceptors (Lipinski definition) is 5. The van der Waals surface area contributed by atoms with Crippen LogP contribution >= 0.6 is 0 Å². The van der Waals surface area contributed by atoms with Crippen molar-refractivity contribution < 1.29 is 4.79 Å². The predicted octanol–water partition coefficient (Wildman–Crippen LogP) is 3.35. The molecule has 128 valence electrons. The minimum Gasteiger partial charge on any atom is -0.360 e. The van der Waals surface area contributed by atoms with Gasteiger partial charge in [0.2, 0.25) is 11.7 Å². The van der Waals surface area contributed by atoms with Gasteiger partial charge in [0, 0.05) is 53.7 Å². The Morgan fingerprint density at radius 2 is 1.92 bits per heavy atom. The van der Waals surface area contributed by atoms with Crippen molar-refractivity contribution >= 4 is 28.7 Å². The molecule has 1 saturated heterocycles. The average Bonchev–Trinajstić information content (AvgIpc) is 3.36. The van der Waals surface area contributed by atoms with Gasteiger partial charge in [-0.2, -0.15) is 5.26 Å². The van der Waals surface area contributed by atoms with Crippen molar-refractivity contribution in [1.29, 1.82) is 5.26 Å². The van der Waals surface area contributed by atoms with E-state index in [9.17, 15) is 10.1 Å². The second kappa shape index (κ2) is 6.81. The van der Waals surface area contributed by atoms with Gasteiger partial charge >= 0.3 is 0 Å². The number of fused-ring (bicyclic) bond motifs is 1. The first-order valence-corrected chi connectivity index (χ1v) is 8.56. The maximum absolute atomic E-state index is 12.8. The smallest absolute Gasteiger partial charge is 0.225 e. The lowest BCUT2D eigenvalue weighted by atomic mass is 10.0. The van der Waals surface area contributed by atoms with Gasteiger partial charge in [-0.25, -0.2) is 9.97 Å². The molecular formula is C20H17N5O. The Hall–Kier alpha value is -3.46. The van der Waals surface area contributed by atoms with Crippen LogP contribution in [0.5, 0.6) is 0 Å². The molecule has 1 aliphatic heterocycles. The molecule has 6 heteroatoms. The Morgan fingerprint density at radius 3 is 2.65 bits per heavy atom. The van der Waals surface area contributed by atoms with Crippen LogP contribution in [0.1, 0.15) is 28.8 Å².